The third-order valence-corrected chi connectivity index (χ3v) is 8.28. The zero-order chi connectivity index (χ0) is 29.2. The van der Waals surface area contributed by atoms with Gasteiger partial charge in [0, 0.05) is 57.4 Å². The largest absolute Gasteiger partial charge is 0.484 e. The molecule has 0 atom stereocenters. The fourth-order valence-electron chi connectivity index (χ4n) is 6.17. The van der Waals surface area contributed by atoms with Gasteiger partial charge in [0.15, 0.2) is 12.4 Å². The molecular formula is C28H35F3N6O4. The molecule has 3 aliphatic heterocycles. The van der Waals surface area contributed by atoms with Gasteiger partial charge in [-0.2, -0.15) is 17.9 Å². The average Bonchev–Trinajstić information content (AvgIpc) is 3.70. The number of nitrogens with zero attached hydrogens (tertiary/aromatic N) is 5. The molecule has 2 aromatic rings. The first-order valence-corrected chi connectivity index (χ1v) is 14.0. The third-order valence-electron chi connectivity index (χ3n) is 8.28. The van der Waals surface area contributed by atoms with Crippen LogP contribution in [0.1, 0.15) is 56.6 Å². The van der Waals surface area contributed by atoms with Crippen molar-refractivity contribution >= 4 is 23.7 Å². The number of hydrogen-bond acceptors (Lipinski definition) is 6. The van der Waals surface area contributed by atoms with E-state index in [1.807, 2.05) is 0 Å². The summed E-state index contributed by atoms with van der Waals surface area (Å²) >= 11 is 0. The Morgan fingerprint density at radius 2 is 1.71 bits per heavy atom. The topological polar surface area (TPSA) is 100 Å². The number of benzene rings is 1. The van der Waals surface area contributed by atoms with Crippen LogP contribution >= 0.6 is 0 Å². The highest BCUT2D eigenvalue weighted by Crippen LogP contribution is 2.40. The minimum Gasteiger partial charge on any atom is -0.484 e. The van der Waals surface area contributed by atoms with Crippen LogP contribution in [0.2, 0.25) is 0 Å². The lowest BCUT2D eigenvalue weighted by Gasteiger charge is -2.45. The SMILES string of the molecule is CC(=O)Nc1ccn(C(=O)N2CCC3(CCCN3Cc3cc(OCC(=O)N4CCCC4)cc(C(F)(F)F)c3)CC2)n1. The quantitative estimate of drug-likeness (QED) is 0.559. The molecule has 3 fully saturated rings. The molecule has 1 aromatic carbocycles. The van der Waals surface area contributed by atoms with Crippen molar-refractivity contribution in [2.75, 3.05) is 44.6 Å². The second kappa shape index (κ2) is 11.7. The Morgan fingerprint density at radius 1 is 0.976 bits per heavy atom. The number of rotatable bonds is 6. The normalized spacial score (nSPS) is 19.1. The van der Waals surface area contributed by atoms with Crippen molar-refractivity contribution < 1.29 is 32.3 Å². The summed E-state index contributed by atoms with van der Waals surface area (Å²) in [7, 11) is 0. The van der Waals surface area contributed by atoms with E-state index in [9.17, 15) is 27.6 Å². The number of alkyl halides is 3. The number of carbonyl (C=O) groups is 3. The first kappa shape index (κ1) is 28.9. The van der Waals surface area contributed by atoms with E-state index in [4.69, 9.17) is 4.74 Å². The molecule has 0 aliphatic carbocycles. The van der Waals surface area contributed by atoms with Crippen molar-refractivity contribution in [3.05, 3.63) is 41.6 Å². The number of hydrogen-bond donors (Lipinski definition) is 1. The molecule has 3 saturated heterocycles. The van der Waals surface area contributed by atoms with E-state index < -0.39 is 11.7 Å². The van der Waals surface area contributed by atoms with E-state index in [0.717, 1.165) is 44.4 Å². The van der Waals surface area contributed by atoms with Crippen molar-refractivity contribution in [1.29, 1.82) is 0 Å². The molecular weight excluding hydrogens is 541 g/mol. The summed E-state index contributed by atoms with van der Waals surface area (Å²) in [5.41, 5.74) is -0.543. The van der Waals surface area contributed by atoms with Crippen LogP contribution in [0, 0.1) is 0 Å². The van der Waals surface area contributed by atoms with Gasteiger partial charge in [0.1, 0.15) is 5.75 Å². The maximum atomic E-state index is 13.8. The number of carbonyl (C=O) groups excluding carboxylic acids is 3. The van der Waals surface area contributed by atoms with E-state index in [1.54, 1.807) is 21.9 Å². The highest BCUT2D eigenvalue weighted by atomic mass is 19.4. The standard InChI is InChI=1S/C28H35F3N6O4/c1-20(38)32-24-5-12-37(33-24)26(40)35-13-7-27(8-14-35)6-4-11-36(27)18-21-15-22(28(29,30)31)17-23(16-21)41-19-25(39)34-9-2-3-10-34/h5,12,15-17H,2-4,6-11,13-14,18-19H2,1H3,(H,32,33,38). The average molecular weight is 577 g/mol. The zero-order valence-electron chi connectivity index (χ0n) is 23.1. The minimum atomic E-state index is -4.55. The van der Waals surface area contributed by atoms with Gasteiger partial charge < -0.3 is 19.9 Å². The third kappa shape index (κ3) is 6.66. The van der Waals surface area contributed by atoms with Gasteiger partial charge >= 0.3 is 12.2 Å². The molecule has 222 valence electrons. The summed E-state index contributed by atoms with van der Waals surface area (Å²) in [6.07, 6.45) is 1.99. The Kier molecular flexibility index (Phi) is 8.25. The van der Waals surface area contributed by atoms with Crippen molar-refractivity contribution in [1.82, 2.24) is 24.5 Å². The van der Waals surface area contributed by atoms with Gasteiger partial charge in [-0.3, -0.25) is 14.5 Å². The first-order valence-electron chi connectivity index (χ1n) is 14.0. The Morgan fingerprint density at radius 3 is 2.39 bits per heavy atom. The fourth-order valence-corrected chi connectivity index (χ4v) is 6.17. The number of ether oxygens (including phenoxy) is 1. The van der Waals surface area contributed by atoms with Crippen LogP contribution in [-0.4, -0.2) is 87.2 Å². The van der Waals surface area contributed by atoms with Crippen molar-refractivity contribution in [3.63, 3.8) is 0 Å². The van der Waals surface area contributed by atoms with Crippen LogP contribution < -0.4 is 10.1 Å². The van der Waals surface area contributed by atoms with Gasteiger partial charge in [-0.25, -0.2) is 4.79 Å². The van der Waals surface area contributed by atoms with Crippen LogP contribution in [0.3, 0.4) is 0 Å². The number of anilines is 1. The highest BCUT2D eigenvalue weighted by molar-refractivity contribution is 5.88. The Balaban J connectivity index is 1.25. The highest BCUT2D eigenvalue weighted by Gasteiger charge is 2.44. The summed E-state index contributed by atoms with van der Waals surface area (Å²) in [6.45, 7) is 4.40. The number of nitrogens with one attached hydrogen (secondary N) is 1. The van der Waals surface area contributed by atoms with Gasteiger partial charge in [-0.05, 0) is 68.8 Å². The van der Waals surface area contributed by atoms with Crippen LogP contribution in [0.25, 0.3) is 0 Å². The molecule has 4 heterocycles. The predicted molar refractivity (Wildman–Crippen MR) is 143 cm³/mol. The number of amides is 3. The summed E-state index contributed by atoms with van der Waals surface area (Å²) in [5.74, 6) is -0.165. The molecule has 1 N–H and O–H groups in total. The second-order valence-corrected chi connectivity index (χ2v) is 11.1. The summed E-state index contributed by atoms with van der Waals surface area (Å²) in [5, 5.41) is 6.67. The van der Waals surface area contributed by atoms with Gasteiger partial charge in [0.2, 0.25) is 5.91 Å². The number of aromatic nitrogens is 2. The maximum absolute atomic E-state index is 13.8. The molecule has 0 radical (unpaired) electrons. The second-order valence-electron chi connectivity index (χ2n) is 11.1. The van der Waals surface area contributed by atoms with Crippen molar-refractivity contribution in [2.24, 2.45) is 0 Å². The molecule has 3 aliphatic rings. The van der Waals surface area contributed by atoms with E-state index >= 15 is 0 Å². The summed E-state index contributed by atoms with van der Waals surface area (Å²) < 4.78 is 48.1. The molecule has 5 rings (SSSR count). The number of likely N-dealkylation sites (tertiary alicyclic amines) is 3. The van der Waals surface area contributed by atoms with Crippen molar-refractivity contribution in [2.45, 2.75) is 63.7 Å². The molecule has 1 spiro atoms. The molecule has 0 saturated carbocycles. The van der Waals surface area contributed by atoms with E-state index in [2.05, 4.69) is 15.3 Å². The molecule has 0 unspecified atom stereocenters. The van der Waals surface area contributed by atoms with Gasteiger partial charge in [0.25, 0.3) is 5.91 Å². The van der Waals surface area contributed by atoms with E-state index in [1.165, 1.54) is 17.8 Å². The van der Waals surface area contributed by atoms with Gasteiger partial charge in [0.05, 0.1) is 5.56 Å². The fraction of sp³-hybridized carbons (Fsp3) is 0.571. The number of halogens is 3. The van der Waals surface area contributed by atoms with Crippen LogP contribution in [0.15, 0.2) is 30.5 Å². The first-order chi connectivity index (χ1) is 19.5. The minimum absolute atomic E-state index is 0.0360. The van der Waals surface area contributed by atoms with Crippen LogP contribution in [-0.2, 0) is 22.3 Å². The molecule has 3 amide bonds. The molecule has 1 aromatic heterocycles. The lowest BCUT2D eigenvalue weighted by molar-refractivity contribution is -0.137. The molecule has 13 heteroatoms. The molecule has 0 bridgehead atoms. The monoisotopic (exact) mass is 576 g/mol. The van der Waals surface area contributed by atoms with Crippen LogP contribution in [0.5, 0.6) is 5.75 Å². The van der Waals surface area contributed by atoms with Gasteiger partial charge in [-0.1, -0.05) is 0 Å². The van der Waals surface area contributed by atoms with Crippen LogP contribution in [0.4, 0.5) is 23.8 Å². The lowest BCUT2D eigenvalue weighted by atomic mass is 9.84. The van der Waals surface area contributed by atoms with Crippen molar-refractivity contribution in [3.8, 4) is 5.75 Å². The zero-order valence-corrected chi connectivity index (χ0v) is 23.1. The Labute approximate surface area is 236 Å². The molecule has 41 heavy (non-hydrogen) atoms. The lowest BCUT2D eigenvalue weighted by Crippen LogP contribution is -2.53. The number of piperidine rings is 1. The predicted octanol–water partition coefficient (Wildman–Crippen LogP) is 3.96. The van der Waals surface area contributed by atoms with E-state index in [-0.39, 0.29) is 35.7 Å². The van der Waals surface area contributed by atoms with E-state index in [0.29, 0.717) is 56.9 Å². The Hall–Kier alpha value is -3.61. The summed E-state index contributed by atoms with van der Waals surface area (Å²) in [4.78, 5) is 42.3. The summed E-state index contributed by atoms with van der Waals surface area (Å²) in [6, 6.07) is 4.98. The van der Waals surface area contributed by atoms with Gasteiger partial charge in [-0.15, -0.1) is 5.10 Å². The molecule has 10 nitrogen and oxygen atoms in total. The smallest absolute Gasteiger partial charge is 0.416 e. The Bertz CT molecular complexity index is 1280. The maximum Gasteiger partial charge on any atom is 0.416 e.